The minimum atomic E-state index is 0.725. The van der Waals surface area contributed by atoms with Gasteiger partial charge in [-0.05, 0) is 46.6 Å². The molecule has 3 rings (SSSR count). The molecule has 1 aliphatic rings. The SMILES string of the molecule is C[C@@H]1Cc2c(ccc3ccccc23)[C@H](C)C1. The van der Waals surface area contributed by atoms with E-state index < -0.39 is 0 Å². The van der Waals surface area contributed by atoms with Gasteiger partial charge in [0, 0.05) is 0 Å². The molecule has 16 heavy (non-hydrogen) atoms. The van der Waals surface area contributed by atoms with E-state index in [1.807, 2.05) is 0 Å². The third-order valence-corrected chi connectivity index (χ3v) is 3.92. The van der Waals surface area contributed by atoms with E-state index in [1.165, 1.54) is 23.6 Å². The fourth-order valence-corrected chi connectivity index (χ4v) is 3.20. The standard InChI is InChI=1S/C16H18/c1-11-9-12(2)14-8-7-13-5-3-4-6-15(13)16(14)10-11/h3-8,11-12H,9-10H2,1-2H3/t11-,12+/m0/s1. The highest BCUT2D eigenvalue weighted by Crippen LogP contribution is 2.37. The molecule has 1 aliphatic carbocycles. The molecule has 2 atom stereocenters. The fourth-order valence-electron chi connectivity index (χ4n) is 3.20. The van der Waals surface area contributed by atoms with E-state index in [2.05, 4.69) is 50.2 Å². The van der Waals surface area contributed by atoms with Crippen molar-refractivity contribution in [1.82, 2.24) is 0 Å². The summed E-state index contributed by atoms with van der Waals surface area (Å²) in [6.07, 6.45) is 2.59. The summed E-state index contributed by atoms with van der Waals surface area (Å²) in [5.41, 5.74) is 3.18. The van der Waals surface area contributed by atoms with Crippen LogP contribution in [0.15, 0.2) is 36.4 Å². The van der Waals surface area contributed by atoms with Gasteiger partial charge < -0.3 is 0 Å². The highest BCUT2D eigenvalue weighted by molar-refractivity contribution is 5.87. The molecule has 0 nitrogen and oxygen atoms in total. The normalized spacial score (nSPS) is 24.4. The van der Waals surface area contributed by atoms with Gasteiger partial charge in [0.05, 0.1) is 0 Å². The van der Waals surface area contributed by atoms with Gasteiger partial charge >= 0.3 is 0 Å². The van der Waals surface area contributed by atoms with Gasteiger partial charge in [0.15, 0.2) is 0 Å². The third-order valence-electron chi connectivity index (χ3n) is 3.92. The van der Waals surface area contributed by atoms with E-state index in [0.29, 0.717) is 0 Å². The summed E-state index contributed by atoms with van der Waals surface area (Å²) >= 11 is 0. The van der Waals surface area contributed by atoms with Gasteiger partial charge in [-0.2, -0.15) is 0 Å². The molecule has 0 saturated carbocycles. The Morgan fingerprint density at radius 3 is 2.69 bits per heavy atom. The van der Waals surface area contributed by atoms with Crippen molar-refractivity contribution >= 4 is 10.8 Å². The van der Waals surface area contributed by atoms with Crippen LogP contribution in [0, 0.1) is 5.92 Å². The van der Waals surface area contributed by atoms with E-state index in [-0.39, 0.29) is 0 Å². The summed E-state index contributed by atoms with van der Waals surface area (Å²) in [5.74, 6) is 1.55. The molecule has 2 aromatic carbocycles. The summed E-state index contributed by atoms with van der Waals surface area (Å²) in [4.78, 5) is 0. The maximum atomic E-state index is 2.38. The minimum Gasteiger partial charge on any atom is -0.0622 e. The highest BCUT2D eigenvalue weighted by atomic mass is 14.3. The molecule has 0 bridgehead atoms. The number of rotatable bonds is 0. The number of hydrogen-bond acceptors (Lipinski definition) is 0. The first kappa shape index (κ1) is 9.89. The average molecular weight is 210 g/mol. The second-order valence-electron chi connectivity index (χ2n) is 5.30. The second-order valence-corrected chi connectivity index (χ2v) is 5.30. The molecular weight excluding hydrogens is 192 g/mol. The van der Waals surface area contributed by atoms with Gasteiger partial charge in [-0.15, -0.1) is 0 Å². The summed E-state index contributed by atoms with van der Waals surface area (Å²) < 4.78 is 0. The van der Waals surface area contributed by atoms with E-state index in [9.17, 15) is 0 Å². The topological polar surface area (TPSA) is 0 Å². The van der Waals surface area contributed by atoms with E-state index in [4.69, 9.17) is 0 Å². The Labute approximate surface area is 97.3 Å². The van der Waals surface area contributed by atoms with Crippen molar-refractivity contribution in [1.29, 1.82) is 0 Å². The molecule has 82 valence electrons. The monoisotopic (exact) mass is 210 g/mol. The molecule has 0 aliphatic heterocycles. The summed E-state index contributed by atoms with van der Waals surface area (Å²) in [5, 5.41) is 2.86. The number of hydrogen-bond donors (Lipinski definition) is 0. The minimum absolute atomic E-state index is 0.725. The molecule has 0 heterocycles. The number of benzene rings is 2. The largest absolute Gasteiger partial charge is 0.0622 e. The van der Waals surface area contributed by atoms with Crippen molar-refractivity contribution in [2.45, 2.75) is 32.6 Å². The van der Waals surface area contributed by atoms with Crippen molar-refractivity contribution in [3.63, 3.8) is 0 Å². The Hall–Kier alpha value is -1.30. The predicted molar refractivity (Wildman–Crippen MR) is 69.8 cm³/mol. The van der Waals surface area contributed by atoms with Crippen LogP contribution >= 0.6 is 0 Å². The molecular formula is C16H18. The molecule has 0 fully saturated rings. The molecule has 2 aromatic rings. The first-order valence-electron chi connectivity index (χ1n) is 6.26. The fraction of sp³-hybridized carbons (Fsp3) is 0.375. The average Bonchev–Trinajstić information content (AvgIpc) is 2.28. The lowest BCUT2D eigenvalue weighted by Gasteiger charge is -2.28. The summed E-state index contributed by atoms with van der Waals surface area (Å²) in [6, 6.07) is 13.4. The third kappa shape index (κ3) is 1.44. The lowest BCUT2D eigenvalue weighted by Crippen LogP contribution is -2.14. The maximum Gasteiger partial charge on any atom is -0.0149 e. The predicted octanol–water partition coefficient (Wildman–Crippen LogP) is 4.53. The van der Waals surface area contributed by atoms with Crippen LogP contribution in [0.2, 0.25) is 0 Å². The van der Waals surface area contributed by atoms with Crippen LogP contribution in [0.3, 0.4) is 0 Å². The quantitative estimate of drug-likeness (QED) is 0.599. The van der Waals surface area contributed by atoms with Crippen molar-refractivity contribution < 1.29 is 0 Å². The molecule has 0 unspecified atom stereocenters. The van der Waals surface area contributed by atoms with Crippen LogP contribution in [0.1, 0.15) is 37.3 Å². The molecule has 0 saturated heterocycles. The summed E-state index contributed by atoms with van der Waals surface area (Å²) in [7, 11) is 0. The first-order chi connectivity index (χ1) is 7.75. The second kappa shape index (κ2) is 3.62. The number of fused-ring (bicyclic) bond motifs is 3. The van der Waals surface area contributed by atoms with Crippen LogP contribution in [-0.2, 0) is 6.42 Å². The van der Waals surface area contributed by atoms with E-state index in [0.717, 1.165) is 11.8 Å². The zero-order valence-electron chi connectivity index (χ0n) is 10.0. The Morgan fingerprint density at radius 1 is 1.00 bits per heavy atom. The van der Waals surface area contributed by atoms with E-state index >= 15 is 0 Å². The van der Waals surface area contributed by atoms with Gasteiger partial charge in [0.1, 0.15) is 0 Å². The highest BCUT2D eigenvalue weighted by Gasteiger charge is 2.22. The zero-order valence-corrected chi connectivity index (χ0v) is 10.0. The van der Waals surface area contributed by atoms with Crippen LogP contribution in [0.25, 0.3) is 10.8 Å². The lowest BCUT2D eigenvalue weighted by molar-refractivity contribution is 0.452. The zero-order chi connectivity index (χ0) is 11.1. The Balaban J connectivity index is 2.29. The molecule has 0 spiro atoms. The van der Waals surface area contributed by atoms with Crippen LogP contribution in [0.5, 0.6) is 0 Å². The Morgan fingerprint density at radius 2 is 1.81 bits per heavy atom. The van der Waals surface area contributed by atoms with Gasteiger partial charge in [-0.25, -0.2) is 0 Å². The van der Waals surface area contributed by atoms with Gasteiger partial charge in [0.2, 0.25) is 0 Å². The molecule has 0 N–H and O–H groups in total. The first-order valence-corrected chi connectivity index (χ1v) is 6.26. The van der Waals surface area contributed by atoms with Gasteiger partial charge in [0.25, 0.3) is 0 Å². The van der Waals surface area contributed by atoms with Crippen molar-refractivity contribution in [3.8, 4) is 0 Å². The smallest absolute Gasteiger partial charge is 0.0149 e. The lowest BCUT2D eigenvalue weighted by atomic mass is 9.77. The molecule has 0 heteroatoms. The molecule has 0 amide bonds. The van der Waals surface area contributed by atoms with Crippen LogP contribution in [-0.4, -0.2) is 0 Å². The van der Waals surface area contributed by atoms with Gasteiger partial charge in [-0.1, -0.05) is 50.2 Å². The molecule has 0 radical (unpaired) electrons. The summed E-state index contributed by atoms with van der Waals surface area (Å²) in [6.45, 7) is 4.74. The van der Waals surface area contributed by atoms with Crippen LogP contribution < -0.4 is 0 Å². The van der Waals surface area contributed by atoms with Crippen molar-refractivity contribution in [2.75, 3.05) is 0 Å². The van der Waals surface area contributed by atoms with Gasteiger partial charge in [-0.3, -0.25) is 0 Å². The Kier molecular flexibility index (Phi) is 2.24. The Bertz CT molecular complexity index is 525. The molecule has 0 aromatic heterocycles. The maximum absolute atomic E-state index is 2.38. The van der Waals surface area contributed by atoms with Crippen molar-refractivity contribution in [3.05, 3.63) is 47.5 Å². The van der Waals surface area contributed by atoms with E-state index in [1.54, 1.807) is 11.1 Å². The van der Waals surface area contributed by atoms with Crippen LogP contribution in [0.4, 0.5) is 0 Å². The van der Waals surface area contributed by atoms with Crippen molar-refractivity contribution in [2.24, 2.45) is 5.92 Å².